The monoisotopic (exact) mass is 316 g/mol. The molecule has 0 heterocycles. The second kappa shape index (κ2) is 7.48. The van der Waals surface area contributed by atoms with E-state index in [2.05, 4.69) is 0 Å². The number of unbranched alkanes of at least 4 members (excludes halogenated alkanes) is 2. The molecule has 1 N–H and O–H groups in total. The number of aliphatic hydroxyl groups is 1. The highest BCUT2D eigenvalue weighted by molar-refractivity contribution is 7.89. The van der Waals surface area contributed by atoms with Gasteiger partial charge in [0, 0.05) is 31.8 Å². The van der Waals surface area contributed by atoms with E-state index in [0.29, 0.717) is 24.9 Å². The highest BCUT2D eigenvalue weighted by Gasteiger charge is 2.23. The third kappa shape index (κ3) is 4.48. The van der Waals surface area contributed by atoms with Crippen LogP contribution in [0.25, 0.3) is 0 Å². The van der Waals surface area contributed by atoms with Crippen LogP contribution in [0.15, 0.2) is 23.1 Å². The maximum Gasteiger partial charge on any atom is 0.273 e. The Morgan fingerprint density at radius 1 is 1.29 bits per heavy atom. The van der Waals surface area contributed by atoms with Crippen LogP contribution in [0.4, 0.5) is 5.69 Å². The number of aliphatic hydroxyl groups excluding tert-OH is 1. The van der Waals surface area contributed by atoms with E-state index < -0.39 is 14.9 Å². The number of aryl methyl sites for hydroxylation is 1. The van der Waals surface area contributed by atoms with E-state index in [1.165, 1.54) is 23.5 Å². The number of nitrogens with zero attached hydrogens (tertiary/aromatic N) is 2. The molecule has 1 aromatic carbocycles. The van der Waals surface area contributed by atoms with Gasteiger partial charge in [0.1, 0.15) is 0 Å². The van der Waals surface area contributed by atoms with Gasteiger partial charge in [-0.05, 0) is 32.3 Å². The summed E-state index contributed by atoms with van der Waals surface area (Å²) in [5, 5.41) is 19.6. The first-order valence-corrected chi connectivity index (χ1v) is 8.07. The molecular formula is C13H20N2O5S. The minimum atomic E-state index is -3.73. The van der Waals surface area contributed by atoms with Crippen molar-refractivity contribution in [3.63, 3.8) is 0 Å². The Labute approximate surface area is 124 Å². The summed E-state index contributed by atoms with van der Waals surface area (Å²) < 4.78 is 25.9. The summed E-state index contributed by atoms with van der Waals surface area (Å²) in [7, 11) is -2.29. The summed E-state index contributed by atoms with van der Waals surface area (Å²) in [6, 6.07) is 3.90. The molecule has 0 unspecified atom stereocenters. The minimum Gasteiger partial charge on any atom is -0.396 e. The van der Waals surface area contributed by atoms with Crippen LogP contribution in [-0.4, -0.2) is 43.0 Å². The Balaban J connectivity index is 2.92. The van der Waals surface area contributed by atoms with Crippen LogP contribution in [0.5, 0.6) is 0 Å². The van der Waals surface area contributed by atoms with Crippen molar-refractivity contribution in [3.05, 3.63) is 33.9 Å². The normalized spacial score (nSPS) is 11.8. The van der Waals surface area contributed by atoms with Crippen molar-refractivity contribution >= 4 is 15.7 Å². The van der Waals surface area contributed by atoms with Crippen molar-refractivity contribution in [3.8, 4) is 0 Å². The lowest BCUT2D eigenvalue weighted by atomic mass is 10.2. The molecule has 21 heavy (non-hydrogen) atoms. The summed E-state index contributed by atoms with van der Waals surface area (Å²) in [6.07, 6.45) is 1.98. The predicted molar refractivity (Wildman–Crippen MR) is 78.6 cm³/mol. The molecule has 0 aliphatic heterocycles. The third-order valence-corrected chi connectivity index (χ3v) is 5.07. The van der Waals surface area contributed by atoms with E-state index in [-0.39, 0.29) is 17.2 Å². The number of benzene rings is 1. The topological polar surface area (TPSA) is 101 Å². The van der Waals surface area contributed by atoms with E-state index in [0.717, 1.165) is 12.5 Å². The van der Waals surface area contributed by atoms with Crippen molar-refractivity contribution in [1.29, 1.82) is 0 Å². The lowest BCUT2D eigenvalue weighted by Crippen LogP contribution is -2.28. The highest BCUT2D eigenvalue weighted by atomic mass is 32.2. The Hall–Kier alpha value is -1.51. The number of rotatable bonds is 8. The Kier molecular flexibility index (Phi) is 6.25. The second-order valence-corrected chi connectivity index (χ2v) is 6.86. The zero-order chi connectivity index (χ0) is 16.0. The van der Waals surface area contributed by atoms with Gasteiger partial charge >= 0.3 is 0 Å². The summed E-state index contributed by atoms with van der Waals surface area (Å²) in [4.78, 5) is 10.2. The van der Waals surface area contributed by atoms with Gasteiger partial charge in [-0.2, -0.15) is 0 Å². The van der Waals surface area contributed by atoms with Gasteiger partial charge in [-0.1, -0.05) is 6.07 Å². The van der Waals surface area contributed by atoms with Crippen LogP contribution in [0.3, 0.4) is 0 Å². The molecule has 0 radical (unpaired) electrons. The zero-order valence-corrected chi connectivity index (χ0v) is 13.0. The van der Waals surface area contributed by atoms with Gasteiger partial charge in [0.05, 0.1) is 9.82 Å². The van der Waals surface area contributed by atoms with Crippen molar-refractivity contribution in [1.82, 2.24) is 4.31 Å². The summed E-state index contributed by atoms with van der Waals surface area (Å²) in [6.45, 7) is 1.96. The molecule has 7 nitrogen and oxygen atoms in total. The third-order valence-electron chi connectivity index (χ3n) is 3.22. The largest absolute Gasteiger partial charge is 0.396 e. The molecule has 0 aromatic heterocycles. The van der Waals surface area contributed by atoms with Gasteiger partial charge in [0.2, 0.25) is 10.0 Å². The predicted octanol–water partition coefficient (Wildman–Crippen LogP) is 1.69. The fourth-order valence-corrected chi connectivity index (χ4v) is 3.10. The van der Waals surface area contributed by atoms with Gasteiger partial charge in [-0.25, -0.2) is 12.7 Å². The molecular weight excluding hydrogens is 296 g/mol. The Bertz CT molecular complexity index is 601. The highest BCUT2D eigenvalue weighted by Crippen LogP contribution is 2.24. The van der Waals surface area contributed by atoms with Crippen molar-refractivity contribution < 1.29 is 18.4 Å². The molecule has 0 atom stereocenters. The maximum atomic E-state index is 12.3. The number of sulfonamides is 1. The molecule has 8 heteroatoms. The average Bonchev–Trinajstić information content (AvgIpc) is 2.43. The molecule has 118 valence electrons. The van der Waals surface area contributed by atoms with Crippen molar-refractivity contribution in [2.45, 2.75) is 31.1 Å². The molecule has 0 saturated heterocycles. The van der Waals surface area contributed by atoms with Crippen LogP contribution >= 0.6 is 0 Å². The van der Waals surface area contributed by atoms with Gasteiger partial charge in [-0.15, -0.1) is 0 Å². The number of nitro groups is 1. The Morgan fingerprint density at radius 3 is 2.52 bits per heavy atom. The number of nitro benzene ring substituents is 1. The van der Waals surface area contributed by atoms with Crippen LogP contribution in [0.2, 0.25) is 0 Å². The molecule has 0 spiro atoms. The van der Waals surface area contributed by atoms with Crippen molar-refractivity contribution in [2.24, 2.45) is 0 Å². The quantitative estimate of drug-likeness (QED) is 0.447. The van der Waals surface area contributed by atoms with E-state index >= 15 is 0 Å². The number of hydrogen-bond donors (Lipinski definition) is 1. The number of hydrogen-bond acceptors (Lipinski definition) is 5. The second-order valence-electron chi connectivity index (χ2n) is 4.82. The van der Waals surface area contributed by atoms with Gasteiger partial charge in [-0.3, -0.25) is 10.1 Å². The van der Waals surface area contributed by atoms with E-state index in [1.807, 2.05) is 0 Å². The van der Waals surface area contributed by atoms with Crippen LogP contribution in [0, 0.1) is 17.0 Å². The zero-order valence-electron chi connectivity index (χ0n) is 12.2. The smallest absolute Gasteiger partial charge is 0.273 e. The van der Waals surface area contributed by atoms with Gasteiger partial charge < -0.3 is 5.11 Å². The summed E-state index contributed by atoms with van der Waals surface area (Å²) >= 11 is 0. The standard InChI is InChI=1S/C13H20N2O5S/c1-11-6-7-12(10-13(11)15(17)18)21(19,20)14(2)8-4-3-5-9-16/h6-7,10,16H,3-5,8-9H2,1-2H3. The average molecular weight is 316 g/mol. The minimum absolute atomic E-state index is 0.0792. The van der Waals surface area contributed by atoms with E-state index in [9.17, 15) is 18.5 Å². The fourth-order valence-electron chi connectivity index (χ4n) is 1.87. The summed E-state index contributed by atoms with van der Waals surface area (Å²) in [5.74, 6) is 0. The van der Waals surface area contributed by atoms with Crippen molar-refractivity contribution in [2.75, 3.05) is 20.2 Å². The first kappa shape index (κ1) is 17.5. The van der Waals surface area contributed by atoms with Crippen LogP contribution in [0.1, 0.15) is 24.8 Å². The van der Waals surface area contributed by atoms with Gasteiger partial charge in [0.15, 0.2) is 0 Å². The van der Waals surface area contributed by atoms with E-state index in [1.54, 1.807) is 6.92 Å². The van der Waals surface area contributed by atoms with Gasteiger partial charge in [0.25, 0.3) is 5.69 Å². The van der Waals surface area contributed by atoms with Crippen LogP contribution in [-0.2, 0) is 10.0 Å². The Morgan fingerprint density at radius 2 is 1.95 bits per heavy atom. The molecule has 0 aliphatic rings. The molecule has 0 saturated carbocycles. The lowest BCUT2D eigenvalue weighted by molar-refractivity contribution is -0.385. The molecule has 0 amide bonds. The molecule has 0 bridgehead atoms. The van der Waals surface area contributed by atoms with E-state index in [4.69, 9.17) is 5.11 Å². The first-order valence-electron chi connectivity index (χ1n) is 6.63. The lowest BCUT2D eigenvalue weighted by Gasteiger charge is -2.17. The van der Waals surface area contributed by atoms with Crippen LogP contribution < -0.4 is 0 Å². The summed E-state index contributed by atoms with van der Waals surface area (Å²) in [5.41, 5.74) is 0.217. The molecule has 1 rings (SSSR count). The molecule has 0 aliphatic carbocycles. The fraction of sp³-hybridized carbons (Fsp3) is 0.538. The SMILES string of the molecule is Cc1ccc(S(=O)(=O)N(C)CCCCCO)cc1[N+](=O)[O-]. The first-order chi connectivity index (χ1) is 9.80. The molecule has 1 aromatic rings. The maximum absolute atomic E-state index is 12.3. The molecule has 0 fully saturated rings.